The number of carboxylic acid groups (broad SMARTS) is 1. The van der Waals surface area contributed by atoms with Gasteiger partial charge in [0.25, 0.3) is 0 Å². The lowest BCUT2D eigenvalue weighted by atomic mass is 9.91. The maximum absolute atomic E-state index is 14.1. The van der Waals surface area contributed by atoms with E-state index in [4.69, 9.17) is 5.11 Å². The van der Waals surface area contributed by atoms with Crippen molar-refractivity contribution < 1.29 is 14.3 Å². The predicted molar refractivity (Wildman–Crippen MR) is 93.0 cm³/mol. The summed E-state index contributed by atoms with van der Waals surface area (Å²) in [6, 6.07) is 11.4. The Hall–Kier alpha value is -2.36. The molecule has 0 saturated heterocycles. The van der Waals surface area contributed by atoms with Crippen molar-refractivity contribution in [2.45, 2.75) is 39.2 Å². The molecule has 1 unspecified atom stereocenters. The molecule has 1 aliphatic rings. The molecule has 1 N–H and O–H groups in total. The Balaban J connectivity index is 1.82. The highest BCUT2D eigenvalue weighted by Gasteiger charge is 2.20. The molecule has 0 saturated carbocycles. The predicted octanol–water partition coefficient (Wildman–Crippen LogP) is 4.28. The molecular weight excluding hydrogens is 305 g/mol. The quantitative estimate of drug-likeness (QED) is 0.911. The van der Waals surface area contributed by atoms with Crippen LogP contribution in [0.1, 0.15) is 41.5 Å². The highest BCUT2D eigenvalue weighted by molar-refractivity contribution is 5.68. The average Bonchev–Trinajstić information content (AvgIpc) is 2.55. The molecule has 0 amide bonds. The van der Waals surface area contributed by atoms with E-state index in [2.05, 4.69) is 17.0 Å². The minimum Gasteiger partial charge on any atom is -0.481 e. The molecule has 1 heterocycles. The second-order valence-corrected chi connectivity index (χ2v) is 6.65. The topological polar surface area (TPSA) is 40.5 Å². The molecule has 24 heavy (non-hydrogen) atoms. The zero-order valence-electron chi connectivity index (χ0n) is 14.1. The number of nitrogens with zero attached hydrogens (tertiary/aromatic N) is 1. The summed E-state index contributed by atoms with van der Waals surface area (Å²) in [7, 11) is 0. The third-order valence-electron chi connectivity index (χ3n) is 4.73. The maximum atomic E-state index is 14.1. The maximum Gasteiger partial charge on any atom is 0.303 e. The van der Waals surface area contributed by atoms with Crippen molar-refractivity contribution in [1.82, 2.24) is 0 Å². The van der Waals surface area contributed by atoms with Crippen LogP contribution in [-0.2, 0) is 17.8 Å². The number of halogens is 1. The van der Waals surface area contributed by atoms with Gasteiger partial charge < -0.3 is 10.0 Å². The van der Waals surface area contributed by atoms with E-state index in [1.54, 1.807) is 6.07 Å². The molecular formula is C20H22FNO2. The molecule has 0 aliphatic carbocycles. The van der Waals surface area contributed by atoms with Crippen LogP contribution in [0.3, 0.4) is 0 Å². The van der Waals surface area contributed by atoms with Gasteiger partial charge in [0.15, 0.2) is 0 Å². The van der Waals surface area contributed by atoms with Crippen LogP contribution in [-0.4, -0.2) is 17.6 Å². The molecule has 0 spiro atoms. The molecule has 1 atom stereocenters. The molecule has 0 bridgehead atoms. The van der Waals surface area contributed by atoms with E-state index in [0.717, 1.165) is 24.1 Å². The summed E-state index contributed by atoms with van der Waals surface area (Å²) in [4.78, 5) is 13.0. The minimum absolute atomic E-state index is 0.0000435. The van der Waals surface area contributed by atoms with E-state index in [-0.39, 0.29) is 18.2 Å². The van der Waals surface area contributed by atoms with Crippen LogP contribution in [0.2, 0.25) is 0 Å². The van der Waals surface area contributed by atoms with Crippen LogP contribution in [0, 0.1) is 12.7 Å². The first kappa shape index (κ1) is 16.5. The Kier molecular flexibility index (Phi) is 4.56. The number of hydrogen-bond acceptors (Lipinski definition) is 2. The number of hydrogen-bond donors (Lipinski definition) is 1. The van der Waals surface area contributed by atoms with Crippen molar-refractivity contribution in [2.24, 2.45) is 0 Å². The number of rotatable bonds is 4. The van der Waals surface area contributed by atoms with Crippen molar-refractivity contribution in [2.75, 3.05) is 11.4 Å². The number of aliphatic carboxylic acids is 1. The standard InChI is InChI=1S/C20H22FNO2/c1-13-3-6-18(21)19(9-13)22-8-7-16-11-15(4-5-17(16)12-22)14(2)10-20(23)24/h3-6,9,11,14H,7-8,10,12H2,1-2H3,(H,23,24). The van der Waals surface area contributed by atoms with Crippen LogP contribution in [0.5, 0.6) is 0 Å². The van der Waals surface area contributed by atoms with Crippen LogP contribution in [0.4, 0.5) is 10.1 Å². The Bertz CT molecular complexity index is 772. The van der Waals surface area contributed by atoms with Gasteiger partial charge in [-0.2, -0.15) is 0 Å². The number of aryl methyl sites for hydroxylation is 1. The van der Waals surface area contributed by atoms with Gasteiger partial charge in [-0.15, -0.1) is 0 Å². The fourth-order valence-corrected chi connectivity index (χ4v) is 3.33. The van der Waals surface area contributed by atoms with Crippen LogP contribution < -0.4 is 4.90 Å². The molecule has 4 heteroatoms. The SMILES string of the molecule is Cc1ccc(F)c(N2CCc3cc(C(C)CC(=O)O)ccc3C2)c1. The first-order chi connectivity index (χ1) is 11.4. The Morgan fingerprint density at radius 3 is 2.79 bits per heavy atom. The Morgan fingerprint density at radius 1 is 1.25 bits per heavy atom. The van der Waals surface area contributed by atoms with Crippen molar-refractivity contribution in [1.29, 1.82) is 0 Å². The van der Waals surface area contributed by atoms with Gasteiger partial charge in [0, 0.05) is 13.1 Å². The van der Waals surface area contributed by atoms with Gasteiger partial charge >= 0.3 is 5.97 Å². The van der Waals surface area contributed by atoms with Gasteiger partial charge in [-0.3, -0.25) is 4.79 Å². The van der Waals surface area contributed by atoms with Gasteiger partial charge in [0.05, 0.1) is 12.1 Å². The van der Waals surface area contributed by atoms with Gasteiger partial charge in [-0.1, -0.05) is 31.2 Å². The van der Waals surface area contributed by atoms with E-state index >= 15 is 0 Å². The van der Waals surface area contributed by atoms with E-state index < -0.39 is 5.97 Å². The smallest absolute Gasteiger partial charge is 0.303 e. The lowest BCUT2D eigenvalue weighted by Gasteiger charge is -2.31. The van der Waals surface area contributed by atoms with Crippen molar-refractivity contribution in [3.63, 3.8) is 0 Å². The van der Waals surface area contributed by atoms with Gasteiger partial charge in [-0.25, -0.2) is 4.39 Å². The van der Waals surface area contributed by atoms with E-state index in [1.165, 1.54) is 17.2 Å². The van der Waals surface area contributed by atoms with Crippen molar-refractivity contribution >= 4 is 11.7 Å². The molecule has 0 aromatic heterocycles. The van der Waals surface area contributed by atoms with Crippen molar-refractivity contribution in [3.8, 4) is 0 Å². The Labute approximate surface area is 141 Å². The van der Waals surface area contributed by atoms with Gasteiger partial charge in [0.1, 0.15) is 5.82 Å². The monoisotopic (exact) mass is 327 g/mol. The third-order valence-corrected chi connectivity index (χ3v) is 4.73. The number of carbonyl (C=O) groups is 1. The average molecular weight is 327 g/mol. The summed E-state index contributed by atoms with van der Waals surface area (Å²) in [5.74, 6) is -0.961. The summed E-state index contributed by atoms with van der Waals surface area (Å²) in [5, 5.41) is 8.95. The molecule has 2 aromatic rings. The van der Waals surface area contributed by atoms with E-state index in [9.17, 15) is 9.18 Å². The summed E-state index contributed by atoms with van der Waals surface area (Å²) >= 11 is 0. The number of fused-ring (bicyclic) bond motifs is 1. The number of benzene rings is 2. The fourth-order valence-electron chi connectivity index (χ4n) is 3.33. The fraction of sp³-hybridized carbons (Fsp3) is 0.350. The normalized spacial score (nSPS) is 15.0. The summed E-state index contributed by atoms with van der Waals surface area (Å²) in [6.07, 6.45) is 0.982. The van der Waals surface area contributed by atoms with Crippen molar-refractivity contribution in [3.05, 3.63) is 64.5 Å². The number of carboxylic acids is 1. The Morgan fingerprint density at radius 2 is 2.04 bits per heavy atom. The van der Waals surface area contributed by atoms with E-state index in [1.807, 2.05) is 26.0 Å². The van der Waals surface area contributed by atoms with Gasteiger partial charge in [-0.05, 0) is 53.6 Å². The second kappa shape index (κ2) is 6.63. The van der Waals surface area contributed by atoms with Gasteiger partial charge in [0.2, 0.25) is 0 Å². The molecule has 3 nitrogen and oxygen atoms in total. The molecule has 0 fully saturated rings. The lowest BCUT2D eigenvalue weighted by Crippen LogP contribution is -2.31. The molecule has 3 rings (SSSR count). The molecule has 1 aliphatic heterocycles. The minimum atomic E-state index is -0.777. The first-order valence-electron chi connectivity index (χ1n) is 8.28. The summed E-state index contributed by atoms with van der Waals surface area (Å²) in [6.45, 7) is 5.36. The summed E-state index contributed by atoms with van der Waals surface area (Å²) in [5.41, 5.74) is 5.20. The zero-order valence-corrected chi connectivity index (χ0v) is 14.1. The largest absolute Gasteiger partial charge is 0.481 e. The van der Waals surface area contributed by atoms with Crippen LogP contribution >= 0.6 is 0 Å². The molecule has 2 aromatic carbocycles. The first-order valence-corrected chi connectivity index (χ1v) is 8.28. The lowest BCUT2D eigenvalue weighted by molar-refractivity contribution is -0.137. The molecule has 126 valence electrons. The van der Waals surface area contributed by atoms with Crippen LogP contribution in [0.15, 0.2) is 36.4 Å². The number of anilines is 1. The highest BCUT2D eigenvalue weighted by Crippen LogP contribution is 2.30. The second-order valence-electron chi connectivity index (χ2n) is 6.65. The highest BCUT2D eigenvalue weighted by atomic mass is 19.1. The van der Waals surface area contributed by atoms with Crippen LogP contribution in [0.25, 0.3) is 0 Å². The third kappa shape index (κ3) is 3.42. The summed E-state index contributed by atoms with van der Waals surface area (Å²) < 4.78 is 14.1. The van der Waals surface area contributed by atoms with E-state index in [0.29, 0.717) is 12.2 Å². The zero-order chi connectivity index (χ0) is 17.3. The molecule has 0 radical (unpaired) electrons.